The summed E-state index contributed by atoms with van der Waals surface area (Å²) in [5.74, 6) is 2.17. The Bertz CT molecular complexity index is 567. The van der Waals surface area contributed by atoms with Crippen LogP contribution < -0.4 is 0 Å². The first-order chi connectivity index (χ1) is 8.89. The minimum absolute atomic E-state index is 0.310. The van der Waals surface area contributed by atoms with E-state index in [0.29, 0.717) is 5.54 Å². The highest BCUT2D eigenvalue weighted by Gasteiger charge is 2.43. The molecule has 0 saturated heterocycles. The molecule has 0 amide bonds. The molecule has 1 fully saturated rings. The highest BCUT2D eigenvalue weighted by atomic mass is 15.3. The molecule has 1 aliphatic carbocycles. The van der Waals surface area contributed by atoms with E-state index in [1.165, 1.54) is 32.1 Å². The average molecular weight is 240 g/mol. The van der Waals surface area contributed by atoms with E-state index in [2.05, 4.69) is 25.8 Å². The molecule has 0 unspecified atom stereocenters. The minimum atomic E-state index is 0.310. The van der Waals surface area contributed by atoms with Crippen LogP contribution in [0.1, 0.15) is 37.9 Å². The Morgan fingerprint density at radius 1 is 1.11 bits per heavy atom. The molecule has 4 rings (SSSR count). The van der Waals surface area contributed by atoms with Crippen LogP contribution in [0.3, 0.4) is 0 Å². The SMILES string of the molecule is c1cncc(-c2nnc3n2C2(CCCC2)CC3)c1. The molecular formula is C14H16N4. The van der Waals surface area contributed by atoms with E-state index >= 15 is 0 Å². The Hall–Kier alpha value is -1.71. The molecule has 3 heterocycles. The summed E-state index contributed by atoms with van der Waals surface area (Å²) in [5.41, 5.74) is 1.40. The Morgan fingerprint density at radius 3 is 2.78 bits per heavy atom. The molecule has 1 saturated carbocycles. The van der Waals surface area contributed by atoms with E-state index in [-0.39, 0.29) is 0 Å². The van der Waals surface area contributed by atoms with Crippen LogP contribution in [0.15, 0.2) is 24.5 Å². The lowest BCUT2D eigenvalue weighted by Gasteiger charge is -2.27. The van der Waals surface area contributed by atoms with E-state index in [9.17, 15) is 0 Å². The number of nitrogens with zero attached hydrogens (tertiary/aromatic N) is 4. The number of rotatable bonds is 1. The van der Waals surface area contributed by atoms with E-state index < -0.39 is 0 Å². The van der Waals surface area contributed by atoms with Crippen LogP contribution in [0.2, 0.25) is 0 Å². The summed E-state index contributed by atoms with van der Waals surface area (Å²) in [5, 5.41) is 8.78. The molecule has 2 aromatic heterocycles. The van der Waals surface area contributed by atoms with Crippen LogP contribution in [0.4, 0.5) is 0 Å². The van der Waals surface area contributed by atoms with Gasteiger partial charge in [-0.1, -0.05) is 12.8 Å². The van der Waals surface area contributed by atoms with Crippen LogP contribution in [0, 0.1) is 0 Å². The van der Waals surface area contributed by atoms with Gasteiger partial charge in [-0.3, -0.25) is 4.98 Å². The van der Waals surface area contributed by atoms with Crippen LogP contribution in [0.25, 0.3) is 11.4 Å². The summed E-state index contributed by atoms with van der Waals surface area (Å²) in [7, 11) is 0. The van der Waals surface area contributed by atoms with Crippen molar-refractivity contribution in [1.29, 1.82) is 0 Å². The predicted octanol–water partition coefficient (Wildman–Crippen LogP) is 2.56. The lowest BCUT2D eigenvalue weighted by atomic mass is 9.94. The average Bonchev–Trinajstić information content (AvgIpc) is 3.12. The van der Waals surface area contributed by atoms with Crippen molar-refractivity contribution in [2.45, 2.75) is 44.1 Å². The third kappa shape index (κ3) is 1.29. The van der Waals surface area contributed by atoms with Crippen molar-refractivity contribution in [3.63, 3.8) is 0 Å². The van der Waals surface area contributed by atoms with Crippen molar-refractivity contribution < 1.29 is 0 Å². The molecular weight excluding hydrogens is 224 g/mol. The zero-order valence-electron chi connectivity index (χ0n) is 10.3. The zero-order chi connectivity index (χ0) is 12.0. The fraction of sp³-hybridized carbons (Fsp3) is 0.500. The second-order valence-corrected chi connectivity index (χ2v) is 5.45. The molecule has 0 atom stereocenters. The van der Waals surface area contributed by atoms with Crippen LogP contribution >= 0.6 is 0 Å². The summed E-state index contributed by atoms with van der Waals surface area (Å²) in [6.07, 6.45) is 11.2. The largest absolute Gasteiger partial charge is 0.305 e. The Balaban J connectivity index is 1.88. The number of hydrogen-bond acceptors (Lipinski definition) is 3. The topological polar surface area (TPSA) is 43.6 Å². The molecule has 2 aliphatic rings. The second kappa shape index (κ2) is 3.64. The predicted molar refractivity (Wildman–Crippen MR) is 68.0 cm³/mol. The van der Waals surface area contributed by atoms with E-state index in [1.807, 2.05) is 12.3 Å². The summed E-state index contributed by atoms with van der Waals surface area (Å²) >= 11 is 0. The quantitative estimate of drug-likeness (QED) is 0.769. The Morgan fingerprint density at radius 2 is 2.00 bits per heavy atom. The van der Waals surface area contributed by atoms with Gasteiger partial charge in [-0.15, -0.1) is 10.2 Å². The maximum atomic E-state index is 4.40. The number of aryl methyl sites for hydroxylation is 1. The minimum Gasteiger partial charge on any atom is -0.305 e. The fourth-order valence-electron chi connectivity index (χ4n) is 3.62. The molecule has 0 radical (unpaired) electrons. The van der Waals surface area contributed by atoms with Gasteiger partial charge in [-0.2, -0.15) is 0 Å². The summed E-state index contributed by atoms with van der Waals surface area (Å²) in [4.78, 5) is 4.20. The fourth-order valence-corrected chi connectivity index (χ4v) is 3.62. The van der Waals surface area contributed by atoms with Gasteiger partial charge in [0.15, 0.2) is 5.82 Å². The lowest BCUT2D eigenvalue weighted by molar-refractivity contribution is 0.312. The summed E-state index contributed by atoms with van der Waals surface area (Å²) < 4.78 is 2.41. The number of aromatic nitrogens is 4. The normalized spacial score (nSPS) is 20.4. The van der Waals surface area contributed by atoms with Crippen LogP contribution in [-0.2, 0) is 12.0 Å². The monoisotopic (exact) mass is 240 g/mol. The summed E-state index contributed by atoms with van der Waals surface area (Å²) in [6.45, 7) is 0. The van der Waals surface area contributed by atoms with Crippen molar-refractivity contribution in [1.82, 2.24) is 19.7 Å². The molecule has 0 bridgehead atoms. The first-order valence-electron chi connectivity index (χ1n) is 6.74. The molecule has 92 valence electrons. The summed E-state index contributed by atoms with van der Waals surface area (Å²) in [6, 6.07) is 4.04. The lowest BCUT2D eigenvalue weighted by Crippen LogP contribution is -2.26. The number of pyridine rings is 1. The van der Waals surface area contributed by atoms with Crippen molar-refractivity contribution >= 4 is 0 Å². The Kier molecular flexibility index (Phi) is 2.07. The van der Waals surface area contributed by atoms with Gasteiger partial charge >= 0.3 is 0 Å². The van der Waals surface area contributed by atoms with Gasteiger partial charge in [-0.25, -0.2) is 0 Å². The maximum Gasteiger partial charge on any atom is 0.166 e. The van der Waals surface area contributed by atoms with Crippen molar-refractivity contribution in [3.05, 3.63) is 30.4 Å². The maximum absolute atomic E-state index is 4.40. The van der Waals surface area contributed by atoms with Crippen LogP contribution in [-0.4, -0.2) is 19.7 Å². The van der Waals surface area contributed by atoms with Gasteiger partial charge in [0.05, 0.1) is 0 Å². The van der Waals surface area contributed by atoms with Gasteiger partial charge in [0, 0.05) is 29.9 Å². The van der Waals surface area contributed by atoms with Crippen molar-refractivity contribution in [2.75, 3.05) is 0 Å². The molecule has 4 heteroatoms. The first kappa shape index (κ1) is 10.2. The number of fused-ring (bicyclic) bond motifs is 2. The third-order valence-corrected chi connectivity index (χ3v) is 4.47. The van der Waals surface area contributed by atoms with Crippen molar-refractivity contribution in [3.8, 4) is 11.4 Å². The smallest absolute Gasteiger partial charge is 0.166 e. The molecule has 4 nitrogen and oxygen atoms in total. The van der Waals surface area contributed by atoms with E-state index in [0.717, 1.165) is 23.6 Å². The highest BCUT2D eigenvalue weighted by Crippen LogP contribution is 2.46. The van der Waals surface area contributed by atoms with E-state index in [1.54, 1.807) is 6.20 Å². The second-order valence-electron chi connectivity index (χ2n) is 5.45. The Labute approximate surface area is 106 Å². The third-order valence-electron chi connectivity index (χ3n) is 4.47. The van der Waals surface area contributed by atoms with Gasteiger partial charge in [0.25, 0.3) is 0 Å². The molecule has 1 aliphatic heterocycles. The molecule has 18 heavy (non-hydrogen) atoms. The van der Waals surface area contributed by atoms with Gasteiger partial charge in [0.2, 0.25) is 0 Å². The molecule has 1 spiro atoms. The van der Waals surface area contributed by atoms with Gasteiger partial charge < -0.3 is 4.57 Å². The van der Waals surface area contributed by atoms with Gasteiger partial charge in [-0.05, 0) is 31.4 Å². The van der Waals surface area contributed by atoms with E-state index in [4.69, 9.17) is 0 Å². The standard InChI is InChI=1S/C14H16N4/c1-2-7-14(6-1)8-5-12-16-17-13(18(12)14)11-4-3-9-15-10-11/h3-4,9-10H,1-2,5-8H2. The zero-order valence-corrected chi connectivity index (χ0v) is 10.3. The van der Waals surface area contributed by atoms with Crippen LogP contribution in [0.5, 0.6) is 0 Å². The molecule has 0 N–H and O–H groups in total. The first-order valence-corrected chi connectivity index (χ1v) is 6.74. The van der Waals surface area contributed by atoms with Crippen molar-refractivity contribution in [2.24, 2.45) is 0 Å². The number of hydrogen-bond donors (Lipinski definition) is 0. The highest BCUT2D eigenvalue weighted by molar-refractivity contribution is 5.54. The molecule has 0 aromatic carbocycles. The molecule has 2 aromatic rings. The van der Waals surface area contributed by atoms with Gasteiger partial charge in [0.1, 0.15) is 5.82 Å².